The summed E-state index contributed by atoms with van der Waals surface area (Å²) in [6.45, 7) is 0. The lowest BCUT2D eigenvalue weighted by Gasteiger charge is -2.02. The molecule has 0 radical (unpaired) electrons. The zero-order valence-electron chi connectivity index (χ0n) is 8.11. The van der Waals surface area contributed by atoms with Gasteiger partial charge in [-0.1, -0.05) is 12.2 Å². The van der Waals surface area contributed by atoms with Crippen molar-refractivity contribution in [3.05, 3.63) is 23.1 Å². The maximum atomic E-state index is 10.5. The number of rotatable bonds is 4. The standard InChI is InChI=1S/C9H10ClN3O2/c1-15-8-6(3-2-4-7(11)14)5-12-9(10)13-8/h2-3,5H,4H2,1H3,(H2,11,14). The van der Waals surface area contributed by atoms with Gasteiger partial charge in [0, 0.05) is 12.6 Å². The molecule has 1 aromatic heterocycles. The largest absolute Gasteiger partial charge is 0.480 e. The second-order valence-electron chi connectivity index (χ2n) is 2.68. The smallest absolute Gasteiger partial charge is 0.225 e. The van der Waals surface area contributed by atoms with Gasteiger partial charge in [-0.15, -0.1) is 0 Å². The van der Waals surface area contributed by atoms with Gasteiger partial charge in [0.05, 0.1) is 12.7 Å². The van der Waals surface area contributed by atoms with Crippen LogP contribution in [0, 0.1) is 0 Å². The summed E-state index contributed by atoms with van der Waals surface area (Å²) in [4.78, 5) is 18.1. The molecule has 1 amide bonds. The molecule has 1 rings (SSSR count). The van der Waals surface area contributed by atoms with E-state index in [1.165, 1.54) is 13.3 Å². The number of aromatic nitrogens is 2. The van der Waals surface area contributed by atoms with Gasteiger partial charge in [0.2, 0.25) is 17.1 Å². The van der Waals surface area contributed by atoms with E-state index in [-0.39, 0.29) is 11.7 Å². The fourth-order valence-corrected chi connectivity index (χ4v) is 1.06. The lowest BCUT2D eigenvalue weighted by Crippen LogP contribution is -2.07. The Morgan fingerprint density at radius 1 is 1.73 bits per heavy atom. The van der Waals surface area contributed by atoms with Crippen molar-refractivity contribution in [2.75, 3.05) is 7.11 Å². The lowest BCUT2D eigenvalue weighted by atomic mass is 10.2. The van der Waals surface area contributed by atoms with Crippen molar-refractivity contribution in [3.8, 4) is 5.88 Å². The molecule has 15 heavy (non-hydrogen) atoms. The second-order valence-corrected chi connectivity index (χ2v) is 3.01. The van der Waals surface area contributed by atoms with Crippen LogP contribution < -0.4 is 10.5 Å². The number of carbonyl (C=O) groups is 1. The molecule has 2 N–H and O–H groups in total. The monoisotopic (exact) mass is 227 g/mol. The lowest BCUT2D eigenvalue weighted by molar-refractivity contribution is -0.117. The first-order valence-electron chi connectivity index (χ1n) is 4.15. The number of hydrogen-bond donors (Lipinski definition) is 1. The van der Waals surface area contributed by atoms with Crippen LogP contribution in [0.1, 0.15) is 12.0 Å². The first kappa shape index (κ1) is 11.5. The van der Waals surface area contributed by atoms with Crippen LogP contribution in [-0.4, -0.2) is 23.0 Å². The van der Waals surface area contributed by atoms with Gasteiger partial charge >= 0.3 is 0 Å². The first-order chi connectivity index (χ1) is 7.13. The maximum Gasteiger partial charge on any atom is 0.225 e. The van der Waals surface area contributed by atoms with E-state index in [0.717, 1.165) is 0 Å². The summed E-state index contributed by atoms with van der Waals surface area (Å²) in [6, 6.07) is 0. The maximum absolute atomic E-state index is 10.5. The molecule has 0 aliphatic rings. The topological polar surface area (TPSA) is 78.1 Å². The van der Waals surface area contributed by atoms with Crippen LogP contribution in [0.2, 0.25) is 5.28 Å². The molecule has 0 fully saturated rings. The van der Waals surface area contributed by atoms with Crippen LogP contribution in [0.3, 0.4) is 0 Å². The SMILES string of the molecule is COc1nc(Cl)ncc1C=CCC(N)=O. The van der Waals surface area contributed by atoms with Crippen LogP contribution in [-0.2, 0) is 4.79 Å². The quantitative estimate of drug-likeness (QED) is 0.780. The van der Waals surface area contributed by atoms with Crippen molar-refractivity contribution in [1.82, 2.24) is 9.97 Å². The van der Waals surface area contributed by atoms with Crippen LogP contribution >= 0.6 is 11.6 Å². The fourth-order valence-electron chi connectivity index (χ4n) is 0.935. The van der Waals surface area contributed by atoms with Crippen molar-refractivity contribution in [2.24, 2.45) is 5.73 Å². The van der Waals surface area contributed by atoms with Gasteiger partial charge in [-0.25, -0.2) is 4.98 Å². The molecule has 0 aliphatic carbocycles. The number of methoxy groups -OCH3 is 1. The van der Waals surface area contributed by atoms with Crippen molar-refractivity contribution in [3.63, 3.8) is 0 Å². The summed E-state index contributed by atoms with van der Waals surface area (Å²) in [7, 11) is 1.48. The average Bonchev–Trinajstić information content (AvgIpc) is 2.19. The van der Waals surface area contributed by atoms with Crippen LogP contribution in [0.15, 0.2) is 12.3 Å². The molecule has 1 aromatic rings. The Morgan fingerprint density at radius 3 is 3.07 bits per heavy atom. The minimum Gasteiger partial charge on any atom is -0.480 e. The molecule has 0 saturated carbocycles. The Kier molecular flexibility index (Phi) is 4.05. The Labute approximate surface area is 91.9 Å². The summed E-state index contributed by atoms with van der Waals surface area (Å²) in [6.07, 6.45) is 4.93. The number of halogens is 1. The normalized spacial score (nSPS) is 10.5. The number of nitrogens with two attached hydrogens (primary N) is 1. The van der Waals surface area contributed by atoms with Gasteiger partial charge in [-0.3, -0.25) is 4.79 Å². The predicted octanol–water partition coefficient (Wildman–Crippen LogP) is 1.03. The third-order valence-electron chi connectivity index (χ3n) is 1.56. The zero-order valence-corrected chi connectivity index (χ0v) is 8.86. The van der Waals surface area contributed by atoms with Crippen LogP contribution in [0.5, 0.6) is 5.88 Å². The number of hydrogen-bond acceptors (Lipinski definition) is 4. The number of carbonyl (C=O) groups excluding carboxylic acids is 1. The van der Waals surface area contributed by atoms with E-state index in [2.05, 4.69) is 9.97 Å². The van der Waals surface area contributed by atoms with Crippen molar-refractivity contribution < 1.29 is 9.53 Å². The zero-order chi connectivity index (χ0) is 11.3. The second kappa shape index (κ2) is 5.31. The van der Waals surface area contributed by atoms with Crippen LogP contribution in [0.4, 0.5) is 0 Å². The molecule has 6 heteroatoms. The third-order valence-corrected chi connectivity index (χ3v) is 1.74. The Morgan fingerprint density at radius 2 is 2.47 bits per heavy atom. The highest BCUT2D eigenvalue weighted by Crippen LogP contribution is 2.17. The van der Waals surface area contributed by atoms with E-state index in [9.17, 15) is 4.79 Å². The van der Waals surface area contributed by atoms with Gasteiger partial charge in [0.25, 0.3) is 0 Å². The van der Waals surface area contributed by atoms with Gasteiger partial charge in [-0.05, 0) is 11.6 Å². The highest BCUT2D eigenvalue weighted by Gasteiger charge is 2.03. The Hall–Kier alpha value is -1.62. The number of nitrogens with zero attached hydrogens (tertiary/aromatic N) is 2. The molecule has 0 saturated heterocycles. The number of ether oxygens (including phenoxy) is 1. The highest BCUT2D eigenvalue weighted by atomic mass is 35.5. The molecule has 1 heterocycles. The molecule has 0 bridgehead atoms. The molecule has 0 atom stereocenters. The van der Waals surface area contributed by atoms with E-state index >= 15 is 0 Å². The summed E-state index contributed by atoms with van der Waals surface area (Å²) < 4.78 is 4.98. The summed E-state index contributed by atoms with van der Waals surface area (Å²) >= 11 is 5.58. The fraction of sp³-hybridized carbons (Fsp3) is 0.222. The molecular formula is C9H10ClN3O2. The van der Waals surface area contributed by atoms with E-state index in [1.54, 1.807) is 12.2 Å². The van der Waals surface area contributed by atoms with Crippen molar-refractivity contribution in [2.45, 2.75) is 6.42 Å². The van der Waals surface area contributed by atoms with E-state index in [0.29, 0.717) is 11.4 Å². The highest BCUT2D eigenvalue weighted by molar-refractivity contribution is 6.28. The summed E-state index contributed by atoms with van der Waals surface area (Å²) in [5.74, 6) is -0.0455. The van der Waals surface area contributed by atoms with E-state index in [4.69, 9.17) is 22.1 Å². The van der Waals surface area contributed by atoms with Crippen molar-refractivity contribution in [1.29, 1.82) is 0 Å². The molecular weight excluding hydrogens is 218 g/mol. The first-order valence-corrected chi connectivity index (χ1v) is 4.52. The molecule has 5 nitrogen and oxygen atoms in total. The van der Waals surface area contributed by atoms with Crippen LogP contribution in [0.25, 0.3) is 6.08 Å². The number of amides is 1. The van der Waals surface area contributed by atoms with E-state index in [1.807, 2.05) is 0 Å². The third kappa shape index (κ3) is 3.55. The molecule has 0 spiro atoms. The van der Waals surface area contributed by atoms with Gasteiger partial charge in [0.15, 0.2) is 0 Å². The van der Waals surface area contributed by atoms with E-state index < -0.39 is 5.91 Å². The summed E-state index contributed by atoms with van der Waals surface area (Å²) in [5, 5.41) is 0.110. The van der Waals surface area contributed by atoms with Gasteiger partial charge in [-0.2, -0.15) is 4.98 Å². The molecule has 0 aliphatic heterocycles. The van der Waals surface area contributed by atoms with Gasteiger partial charge in [0.1, 0.15) is 0 Å². The molecule has 0 unspecified atom stereocenters. The Bertz CT molecular complexity index is 393. The minimum absolute atomic E-state index is 0.110. The molecule has 0 aromatic carbocycles. The summed E-state index contributed by atoms with van der Waals surface area (Å²) in [5.41, 5.74) is 5.62. The van der Waals surface area contributed by atoms with Crippen molar-refractivity contribution >= 4 is 23.6 Å². The number of primary amides is 1. The Balaban J connectivity index is 2.84. The molecule has 80 valence electrons. The predicted molar refractivity (Wildman–Crippen MR) is 56.4 cm³/mol. The minimum atomic E-state index is -0.403. The van der Waals surface area contributed by atoms with Gasteiger partial charge < -0.3 is 10.5 Å². The average molecular weight is 228 g/mol.